The van der Waals surface area contributed by atoms with Crippen LogP contribution >= 0.6 is 0 Å². The maximum Gasteiger partial charge on any atom is 0.140 e. The first-order valence-electron chi connectivity index (χ1n) is 7.91. The molecule has 2 aromatic rings. The van der Waals surface area contributed by atoms with Crippen molar-refractivity contribution in [2.24, 2.45) is 7.05 Å². The molecule has 2 aliphatic rings. The van der Waals surface area contributed by atoms with E-state index in [0.717, 1.165) is 43.0 Å². The lowest BCUT2D eigenvalue weighted by atomic mass is 9.92. The van der Waals surface area contributed by atoms with E-state index in [9.17, 15) is 5.11 Å². The largest absolute Gasteiger partial charge is 0.385 e. The van der Waals surface area contributed by atoms with Crippen molar-refractivity contribution in [3.8, 4) is 0 Å². The van der Waals surface area contributed by atoms with E-state index in [1.54, 1.807) is 0 Å². The third-order valence-electron chi connectivity index (χ3n) is 4.96. The van der Waals surface area contributed by atoms with Gasteiger partial charge in [0.2, 0.25) is 0 Å². The highest BCUT2D eigenvalue weighted by Gasteiger charge is 2.29. The predicted molar refractivity (Wildman–Crippen MR) is 85.4 cm³/mol. The summed E-state index contributed by atoms with van der Waals surface area (Å²) in [7, 11) is 4.18. The van der Waals surface area contributed by atoms with E-state index in [1.165, 1.54) is 11.1 Å². The summed E-state index contributed by atoms with van der Waals surface area (Å²) in [6, 6.07) is 2.13. The van der Waals surface area contributed by atoms with Gasteiger partial charge in [-0.2, -0.15) is 0 Å². The highest BCUT2D eigenvalue weighted by Crippen LogP contribution is 2.38. The van der Waals surface area contributed by atoms with Gasteiger partial charge in [0.25, 0.3) is 0 Å². The molecule has 0 aliphatic carbocycles. The third-order valence-corrected chi connectivity index (χ3v) is 4.96. The van der Waals surface area contributed by atoms with Crippen molar-refractivity contribution in [3.05, 3.63) is 47.3 Å². The molecule has 0 saturated carbocycles. The van der Waals surface area contributed by atoms with Crippen LogP contribution in [-0.4, -0.2) is 44.3 Å². The Morgan fingerprint density at radius 1 is 1.18 bits per heavy atom. The molecule has 1 fully saturated rings. The summed E-state index contributed by atoms with van der Waals surface area (Å²) < 4.78 is 4.13. The number of aromatic nitrogens is 3. The van der Waals surface area contributed by atoms with E-state index in [-0.39, 0.29) is 0 Å². The molecule has 1 atom stereocenters. The van der Waals surface area contributed by atoms with Crippen LogP contribution in [0.4, 0.5) is 0 Å². The number of likely N-dealkylation sites (tertiary alicyclic amines) is 1. The molecule has 1 saturated heterocycles. The quantitative estimate of drug-likeness (QED) is 0.806. The zero-order valence-corrected chi connectivity index (χ0v) is 13.2. The van der Waals surface area contributed by atoms with Gasteiger partial charge in [-0.3, -0.25) is 0 Å². The van der Waals surface area contributed by atoms with E-state index in [0.29, 0.717) is 6.54 Å². The fourth-order valence-electron chi connectivity index (χ4n) is 3.73. The zero-order chi connectivity index (χ0) is 15.3. The normalized spacial score (nSPS) is 22.4. The number of aryl methyl sites for hydroxylation is 1. The van der Waals surface area contributed by atoms with Gasteiger partial charge in [0.15, 0.2) is 0 Å². The Morgan fingerprint density at radius 2 is 1.95 bits per heavy atom. The van der Waals surface area contributed by atoms with E-state index in [2.05, 4.69) is 27.6 Å². The fraction of sp³-hybridized carbons (Fsp3) is 0.471. The highest BCUT2D eigenvalue weighted by atomic mass is 16.3. The number of nitrogens with zero attached hydrogens (tertiary/aromatic N) is 4. The number of hydrogen-bond donors (Lipinski definition) is 1. The fourth-order valence-corrected chi connectivity index (χ4v) is 3.73. The third kappa shape index (κ3) is 2.04. The van der Waals surface area contributed by atoms with Gasteiger partial charge in [0.05, 0.1) is 12.2 Å². The second-order valence-corrected chi connectivity index (χ2v) is 6.43. The molecule has 0 spiro atoms. The molecule has 0 amide bonds. The van der Waals surface area contributed by atoms with Gasteiger partial charge in [-0.1, -0.05) is 5.57 Å². The van der Waals surface area contributed by atoms with Crippen molar-refractivity contribution < 1.29 is 5.11 Å². The number of hydrogen-bond acceptors (Lipinski definition) is 3. The minimum absolute atomic E-state index is 0.493. The Kier molecular flexibility index (Phi) is 3.20. The molecular weight excluding hydrogens is 276 g/mol. The highest BCUT2D eigenvalue weighted by molar-refractivity contribution is 5.81. The van der Waals surface area contributed by atoms with Crippen molar-refractivity contribution in [1.29, 1.82) is 0 Å². The van der Waals surface area contributed by atoms with Crippen LogP contribution in [0.3, 0.4) is 0 Å². The van der Waals surface area contributed by atoms with Gasteiger partial charge in [0.1, 0.15) is 11.9 Å². The summed E-state index contributed by atoms with van der Waals surface area (Å²) in [5, 5.41) is 10.6. The van der Waals surface area contributed by atoms with Gasteiger partial charge in [-0.15, -0.1) is 0 Å². The maximum absolute atomic E-state index is 10.6. The molecule has 4 rings (SSSR count). The van der Waals surface area contributed by atoms with Crippen LogP contribution < -0.4 is 0 Å². The van der Waals surface area contributed by atoms with Gasteiger partial charge in [-0.05, 0) is 26.0 Å². The predicted octanol–water partition coefficient (Wildman–Crippen LogP) is 1.80. The van der Waals surface area contributed by atoms with Gasteiger partial charge < -0.3 is 19.1 Å². The smallest absolute Gasteiger partial charge is 0.140 e. The first kappa shape index (κ1) is 13.8. The lowest BCUT2D eigenvalue weighted by Gasteiger charge is -2.26. The van der Waals surface area contributed by atoms with E-state index in [4.69, 9.17) is 0 Å². The number of piperidine rings is 1. The van der Waals surface area contributed by atoms with Gasteiger partial charge >= 0.3 is 0 Å². The van der Waals surface area contributed by atoms with Gasteiger partial charge in [-0.25, -0.2) is 4.98 Å². The molecule has 2 aromatic heterocycles. The number of fused-ring (bicyclic) bond motifs is 2. The van der Waals surface area contributed by atoms with Crippen LogP contribution in [0.25, 0.3) is 5.57 Å². The Hall–Kier alpha value is -1.85. The molecule has 4 heterocycles. The molecule has 1 N–H and O–H groups in total. The minimum atomic E-state index is -0.493. The zero-order valence-electron chi connectivity index (χ0n) is 13.2. The molecule has 5 heteroatoms. The van der Waals surface area contributed by atoms with Crippen molar-refractivity contribution in [2.45, 2.75) is 25.5 Å². The molecule has 0 radical (unpaired) electrons. The Labute approximate surface area is 130 Å². The molecule has 5 nitrogen and oxygen atoms in total. The second-order valence-electron chi connectivity index (χ2n) is 6.43. The lowest BCUT2D eigenvalue weighted by molar-refractivity contribution is 0.149. The van der Waals surface area contributed by atoms with Gasteiger partial charge in [0, 0.05) is 49.9 Å². The van der Waals surface area contributed by atoms with E-state index >= 15 is 0 Å². The topological polar surface area (TPSA) is 46.2 Å². The van der Waals surface area contributed by atoms with Crippen LogP contribution in [0.2, 0.25) is 0 Å². The number of aliphatic hydroxyl groups is 1. The lowest BCUT2D eigenvalue weighted by Crippen LogP contribution is -2.27. The summed E-state index contributed by atoms with van der Waals surface area (Å²) in [6.45, 7) is 2.74. The number of rotatable bonds is 0. The van der Waals surface area contributed by atoms with Crippen molar-refractivity contribution in [3.63, 3.8) is 0 Å². The van der Waals surface area contributed by atoms with Crippen LogP contribution in [-0.2, 0) is 13.6 Å². The first-order valence-corrected chi connectivity index (χ1v) is 7.91. The summed E-state index contributed by atoms with van der Waals surface area (Å²) in [6.07, 6.45) is 7.51. The average molecular weight is 298 g/mol. The van der Waals surface area contributed by atoms with Crippen LogP contribution in [0, 0.1) is 0 Å². The molecule has 1 unspecified atom stereocenters. The standard InChI is InChI=1S/C17H22N4O/c1-19-7-3-12(4-8-19)15-13-5-9-20(2)16(13)14(22)11-21-10-6-18-17(15)21/h5-6,9-10,14,22H,3-4,7-8,11H2,1-2H3. The molecule has 2 aliphatic heterocycles. The minimum Gasteiger partial charge on any atom is -0.385 e. The molecule has 116 valence electrons. The summed E-state index contributed by atoms with van der Waals surface area (Å²) >= 11 is 0. The summed E-state index contributed by atoms with van der Waals surface area (Å²) in [4.78, 5) is 6.98. The Balaban J connectivity index is 1.94. The SMILES string of the molecule is CN1CCC(=C2c3ccn(C)c3C(O)Cn3ccnc32)CC1. The van der Waals surface area contributed by atoms with E-state index in [1.807, 2.05) is 30.2 Å². The monoisotopic (exact) mass is 298 g/mol. The van der Waals surface area contributed by atoms with Crippen LogP contribution in [0.15, 0.2) is 30.2 Å². The summed E-state index contributed by atoms with van der Waals surface area (Å²) in [5.74, 6) is 1.00. The van der Waals surface area contributed by atoms with Crippen LogP contribution in [0.5, 0.6) is 0 Å². The van der Waals surface area contributed by atoms with Crippen molar-refractivity contribution in [2.75, 3.05) is 20.1 Å². The molecular formula is C17H22N4O. The van der Waals surface area contributed by atoms with Crippen molar-refractivity contribution in [1.82, 2.24) is 19.0 Å². The molecule has 0 bridgehead atoms. The maximum atomic E-state index is 10.6. The van der Waals surface area contributed by atoms with Crippen molar-refractivity contribution >= 4 is 5.57 Å². The van der Waals surface area contributed by atoms with Crippen LogP contribution in [0.1, 0.15) is 36.0 Å². The Bertz CT molecular complexity index is 730. The Morgan fingerprint density at radius 3 is 2.73 bits per heavy atom. The second kappa shape index (κ2) is 5.11. The molecule has 22 heavy (non-hydrogen) atoms. The number of imidazole rings is 1. The average Bonchev–Trinajstić information content (AvgIpc) is 3.07. The molecule has 0 aromatic carbocycles. The summed E-state index contributed by atoms with van der Waals surface area (Å²) in [5.41, 5.74) is 4.86. The van der Waals surface area contributed by atoms with E-state index < -0.39 is 6.10 Å². The number of aliphatic hydroxyl groups excluding tert-OH is 1. The first-order chi connectivity index (χ1) is 10.6.